The third-order valence-electron chi connectivity index (χ3n) is 4.25. The van der Waals surface area contributed by atoms with Crippen LogP contribution in [0.3, 0.4) is 0 Å². The van der Waals surface area contributed by atoms with Crippen molar-refractivity contribution in [2.75, 3.05) is 4.90 Å². The Morgan fingerprint density at radius 2 is 1.88 bits per heavy atom. The number of thiazole rings is 1. The average molecular weight is 338 g/mol. The zero-order chi connectivity index (χ0) is 17.1. The second kappa shape index (κ2) is 7.14. The first-order valence-corrected chi connectivity index (χ1v) is 9.13. The van der Waals surface area contributed by atoms with Gasteiger partial charge in [0.15, 0.2) is 5.13 Å². The lowest BCUT2D eigenvalue weighted by Crippen LogP contribution is -2.29. The second-order valence-electron chi connectivity index (χ2n) is 6.07. The molecule has 24 heavy (non-hydrogen) atoms. The fourth-order valence-corrected chi connectivity index (χ4v) is 3.75. The molecule has 0 atom stereocenters. The summed E-state index contributed by atoms with van der Waals surface area (Å²) in [6.45, 7) is 6.79. The van der Waals surface area contributed by atoms with Gasteiger partial charge in [0.05, 0.1) is 16.8 Å². The number of amides is 1. The van der Waals surface area contributed by atoms with Gasteiger partial charge < -0.3 is 0 Å². The number of carbonyl (C=O) groups excluding carboxylic acids is 1. The van der Waals surface area contributed by atoms with Crippen LogP contribution in [0.25, 0.3) is 10.2 Å². The third-order valence-corrected chi connectivity index (χ3v) is 5.30. The van der Waals surface area contributed by atoms with Crippen molar-refractivity contribution >= 4 is 32.6 Å². The molecule has 0 aliphatic rings. The van der Waals surface area contributed by atoms with Crippen LogP contribution in [0.15, 0.2) is 42.5 Å². The molecule has 0 spiro atoms. The monoisotopic (exact) mass is 338 g/mol. The Kier molecular flexibility index (Phi) is 4.95. The fraction of sp³-hybridized carbons (Fsp3) is 0.300. The van der Waals surface area contributed by atoms with Gasteiger partial charge in [-0.05, 0) is 43.0 Å². The van der Waals surface area contributed by atoms with Crippen LogP contribution in [0.5, 0.6) is 0 Å². The van der Waals surface area contributed by atoms with E-state index in [9.17, 15) is 4.79 Å². The normalized spacial score (nSPS) is 11.0. The van der Waals surface area contributed by atoms with Gasteiger partial charge >= 0.3 is 0 Å². The standard InChI is InChI=1S/C20H22N2OS/c1-4-8-18(23)22(13-16-9-6-5-7-10-16)20-21-19-15(3)14(2)11-12-17(19)24-20/h5-7,9-12H,4,8,13H2,1-3H3. The number of fused-ring (bicyclic) bond motifs is 1. The topological polar surface area (TPSA) is 33.2 Å². The first kappa shape index (κ1) is 16.7. The number of benzene rings is 2. The summed E-state index contributed by atoms with van der Waals surface area (Å²) in [5.41, 5.74) is 4.55. The second-order valence-corrected chi connectivity index (χ2v) is 7.08. The largest absolute Gasteiger partial charge is 0.284 e. The molecule has 0 aliphatic carbocycles. The van der Waals surface area contributed by atoms with Crippen LogP contribution in [-0.2, 0) is 11.3 Å². The summed E-state index contributed by atoms with van der Waals surface area (Å²) < 4.78 is 1.13. The summed E-state index contributed by atoms with van der Waals surface area (Å²) >= 11 is 1.60. The predicted molar refractivity (Wildman–Crippen MR) is 102 cm³/mol. The van der Waals surface area contributed by atoms with Crippen molar-refractivity contribution < 1.29 is 4.79 Å². The molecule has 0 N–H and O–H groups in total. The lowest BCUT2D eigenvalue weighted by atomic mass is 10.1. The van der Waals surface area contributed by atoms with E-state index in [1.54, 1.807) is 11.3 Å². The van der Waals surface area contributed by atoms with Crippen molar-refractivity contribution in [3.05, 3.63) is 59.2 Å². The SMILES string of the molecule is CCCC(=O)N(Cc1ccccc1)c1nc2c(C)c(C)ccc2s1. The minimum atomic E-state index is 0.134. The molecule has 0 unspecified atom stereocenters. The Hall–Kier alpha value is -2.20. The summed E-state index contributed by atoms with van der Waals surface area (Å²) in [5.74, 6) is 0.134. The molecular formula is C20H22N2OS. The van der Waals surface area contributed by atoms with Gasteiger partial charge in [-0.1, -0.05) is 54.7 Å². The van der Waals surface area contributed by atoms with E-state index in [1.807, 2.05) is 30.0 Å². The van der Waals surface area contributed by atoms with E-state index in [1.165, 1.54) is 11.1 Å². The maximum atomic E-state index is 12.7. The van der Waals surface area contributed by atoms with Crippen molar-refractivity contribution in [1.29, 1.82) is 0 Å². The van der Waals surface area contributed by atoms with Gasteiger partial charge in [-0.25, -0.2) is 4.98 Å². The van der Waals surface area contributed by atoms with E-state index < -0.39 is 0 Å². The molecule has 0 saturated heterocycles. The van der Waals surface area contributed by atoms with Crippen LogP contribution < -0.4 is 4.90 Å². The number of carbonyl (C=O) groups is 1. The van der Waals surface area contributed by atoms with Crippen molar-refractivity contribution in [3.63, 3.8) is 0 Å². The Bertz CT molecular complexity index is 855. The Morgan fingerprint density at radius 1 is 1.12 bits per heavy atom. The molecule has 124 valence electrons. The molecule has 4 heteroatoms. The van der Waals surface area contributed by atoms with Gasteiger partial charge in [0, 0.05) is 6.42 Å². The number of aryl methyl sites for hydroxylation is 2. The molecule has 0 fully saturated rings. The molecule has 0 bridgehead atoms. The highest BCUT2D eigenvalue weighted by atomic mass is 32.1. The summed E-state index contributed by atoms with van der Waals surface area (Å²) in [7, 11) is 0. The van der Waals surface area contributed by atoms with Gasteiger partial charge in [0.25, 0.3) is 0 Å². The number of hydrogen-bond acceptors (Lipinski definition) is 3. The molecule has 2 aromatic carbocycles. The van der Waals surface area contributed by atoms with Crippen LogP contribution >= 0.6 is 11.3 Å². The smallest absolute Gasteiger partial charge is 0.229 e. The number of nitrogens with zero attached hydrogens (tertiary/aromatic N) is 2. The molecular weight excluding hydrogens is 316 g/mol. The van der Waals surface area contributed by atoms with Crippen LogP contribution in [-0.4, -0.2) is 10.9 Å². The van der Waals surface area contributed by atoms with Crippen LogP contribution in [0.1, 0.15) is 36.5 Å². The molecule has 3 aromatic rings. The number of rotatable bonds is 5. The summed E-state index contributed by atoms with van der Waals surface area (Å²) in [6, 6.07) is 14.3. The number of hydrogen-bond donors (Lipinski definition) is 0. The van der Waals surface area contributed by atoms with Crippen molar-refractivity contribution in [2.45, 2.75) is 40.2 Å². The van der Waals surface area contributed by atoms with Crippen LogP contribution in [0.4, 0.5) is 5.13 Å². The van der Waals surface area contributed by atoms with Gasteiger partial charge in [-0.3, -0.25) is 9.69 Å². The minimum absolute atomic E-state index is 0.134. The average Bonchev–Trinajstić information content (AvgIpc) is 3.02. The molecule has 1 heterocycles. The first-order valence-electron chi connectivity index (χ1n) is 8.31. The molecule has 3 rings (SSSR count). The predicted octanol–water partition coefficient (Wildman–Crippen LogP) is 5.25. The maximum Gasteiger partial charge on any atom is 0.229 e. The van der Waals surface area contributed by atoms with Crippen molar-refractivity contribution in [2.24, 2.45) is 0 Å². The van der Waals surface area contributed by atoms with Gasteiger partial charge in [-0.15, -0.1) is 0 Å². The molecule has 0 radical (unpaired) electrons. The fourth-order valence-electron chi connectivity index (χ4n) is 2.71. The van der Waals surface area contributed by atoms with Crippen molar-refractivity contribution in [3.8, 4) is 0 Å². The van der Waals surface area contributed by atoms with E-state index in [2.05, 4.69) is 38.1 Å². The highest BCUT2D eigenvalue weighted by Gasteiger charge is 2.20. The molecule has 0 aliphatic heterocycles. The molecule has 0 saturated carbocycles. The first-order chi connectivity index (χ1) is 11.6. The molecule has 3 nitrogen and oxygen atoms in total. The summed E-state index contributed by atoms with van der Waals surface area (Å²) in [5, 5.41) is 0.793. The molecule has 1 aromatic heterocycles. The quantitative estimate of drug-likeness (QED) is 0.637. The van der Waals surface area contributed by atoms with Crippen molar-refractivity contribution in [1.82, 2.24) is 4.98 Å². The van der Waals surface area contributed by atoms with Gasteiger partial charge in [-0.2, -0.15) is 0 Å². The van der Waals surface area contributed by atoms with E-state index in [0.29, 0.717) is 13.0 Å². The van der Waals surface area contributed by atoms with E-state index in [-0.39, 0.29) is 5.91 Å². The highest BCUT2D eigenvalue weighted by molar-refractivity contribution is 7.22. The van der Waals surface area contributed by atoms with E-state index >= 15 is 0 Å². The number of anilines is 1. The summed E-state index contributed by atoms with van der Waals surface area (Å²) in [4.78, 5) is 19.3. The van der Waals surface area contributed by atoms with E-state index in [0.717, 1.165) is 27.3 Å². The van der Waals surface area contributed by atoms with Crippen LogP contribution in [0.2, 0.25) is 0 Å². The lowest BCUT2D eigenvalue weighted by molar-refractivity contribution is -0.118. The van der Waals surface area contributed by atoms with E-state index in [4.69, 9.17) is 4.98 Å². The minimum Gasteiger partial charge on any atom is -0.284 e. The van der Waals surface area contributed by atoms with Gasteiger partial charge in [0.2, 0.25) is 5.91 Å². The maximum absolute atomic E-state index is 12.7. The molecule has 1 amide bonds. The number of aromatic nitrogens is 1. The Labute approximate surface area is 147 Å². The Balaban J connectivity index is 2.01. The zero-order valence-corrected chi connectivity index (χ0v) is 15.2. The lowest BCUT2D eigenvalue weighted by Gasteiger charge is -2.19. The summed E-state index contributed by atoms with van der Waals surface area (Å²) in [6.07, 6.45) is 1.38. The highest BCUT2D eigenvalue weighted by Crippen LogP contribution is 2.33. The van der Waals surface area contributed by atoms with Gasteiger partial charge in [0.1, 0.15) is 0 Å². The van der Waals surface area contributed by atoms with Crippen LogP contribution in [0, 0.1) is 13.8 Å². The third kappa shape index (κ3) is 3.34. The Morgan fingerprint density at radius 3 is 2.58 bits per heavy atom. The zero-order valence-electron chi connectivity index (χ0n) is 14.4.